The number of methoxy groups -OCH3 is 2. The van der Waals surface area contributed by atoms with Gasteiger partial charge in [0.1, 0.15) is 16.6 Å². The van der Waals surface area contributed by atoms with Crippen molar-refractivity contribution in [3.05, 3.63) is 110 Å². The van der Waals surface area contributed by atoms with E-state index in [4.69, 9.17) is 27.9 Å². The minimum Gasteiger partial charge on any atom is -0.493 e. The number of imide groups is 1. The lowest BCUT2D eigenvalue weighted by molar-refractivity contribution is -0.158. The zero-order valence-electron chi connectivity index (χ0n) is 31.0. The summed E-state index contributed by atoms with van der Waals surface area (Å²) >= 11 is 3.62. The van der Waals surface area contributed by atoms with Gasteiger partial charge in [-0.3, -0.25) is 19.3 Å². The van der Waals surface area contributed by atoms with Gasteiger partial charge >= 0.3 is 10.1 Å². The summed E-state index contributed by atoms with van der Waals surface area (Å²) in [4.78, 5) is 45.1. The first kappa shape index (κ1) is 39.3. The first-order valence-corrected chi connectivity index (χ1v) is 19.3. The summed E-state index contributed by atoms with van der Waals surface area (Å²) in [5.41, 5.74) is 2.98. The molecule has 0 aliphatic carbocycles. The second-order valence-corrected chi connectivity index (χ2v) is 15.3. The Morgan fingerprint density at radius 2 is 1.67 bits per heavy atom. The first-order valence-electron chi connectivity index (χ1n) is 17.1. The lowest BCUT2D eigenvalue weighted by Crippen LogP contribution is -2.60. The molecule has 4 aromatic carbocycles. The Labute approximate surface area is 327 Å². The number of ether oxygens (including phenoxy) is 5. The third kappa shape index (κ3) is 7.90. The summed E-state index contributed by atoms with van der Waals surface area (Å²) in [6, 6.07) is 17.0. The average Bonchev–Trinajstić information content (AvgIpc) is 3.64. The van der Waals surface area contributed by atoms with Gasteiger partial charge in [0.15, 0.2) is 35.5 Å². The van der Waals surface area contributed by atoms with E-state index in [1.165, 1.54) is 50.3 Å². The van der Waals surface area contributed by atoms with Crippen molar-refractivity contribution in [2.45, 2.75) is 51.6 Å². The molecule has 1 atom stereocenters. The van der Waals surface area contributed by atoms with Crippen molar-refractivity contribution in [1.82, 2.24) is 9.80 Å². The van der Waals surface area contributed by atoms with Gasteiger partial charge in [-0.05, 0) is 62.2 Å². The summed E-state index contributed by atoms with van der Waals surface area (Å²) in [5.74, 6) is -0.827. The molecular formula is C40H39BrN2O11S. The monoisotopic (exact) mass is 834 g/mol. The Bertz CT molecular complexity index is 2290. The molecule has 2 heterocycles. The van der Waals surface area contributed by atoms with Crippen LogP contribution in [0, 0.1) is 20.8 Å². The maximum Gasteiger partial charge on any atom is 0.339 e. The molecule has 0 radical (unpaired) electrons. The van der Waals surface area contributed by atoms with Crippen LogP contribution in [0.25, 0.3) is 6.08 Å². The van der Waals surface area contributed by atoms with Gasteiger partial charge in [0.05, 0.1) is 13.7 Å². The number of halogens is 1. The van der Waals surface area contributed by atoms with Crippen molar-refractivity contribution in [2.75, 3.05) is 27.8 Å². The molecule has 1 unspecified atom stereocenters. The maximum atomic E-state index is 14.8. The number of aryl methyl sites for hydroxylation is 1. The molecule has 0 spiro atoms. The van der Waals surface area contributed by atoms with Crippen LogP contribution >= 0.6 is 15.9 Å². The van der Waals surface area contributed by atoms with Gasteiger partial charge in [-0.15, -0.1) is 0 Å². The van der Waals surface area contributed by atoms with Crippen LogP contribution in [0.1, 0.15) is 40.3 Å². The predicted octanol–water partition coefficient (Wildman–Crippen LogP) is 6.23. The van der Waals surface area contributed by atoms with E-state index in [9.17, 15) is 22.8 Å². The number of rotatable bonds is 12. The molecule has 2 aliphatic rings. The van der Waals surface area contributed by atoms with Gasteiger partial charge in [0.25, 0.3) is 11.8 Å². The first-order chi connectivity index (χ1) is 26.2. The van der Waals surface area contributed by atoms with Crippen LogP contribution < -0.4 is 23.1 Å². The number of amides is 3. The minimum absolute atomic E-state index is 0.0497. The van der Waals surface area contributed by atoms with Crippen molar-refractivity contribution < 1.29 is 50.7 Å². The zero-order chi connectivity index (χ0) is 39.6. The van der Waals surface area contributed by atoms with Gasteiger partial charge in [0.2, 0.25) is 12.7 Å². The van der Waals surface area contributed by atoms with Gasteiger partial charge < -0.3 is 32.8 Å². The number of carbonyl (C=O) groups is 3. The summed E-state index contributed by atoms with van der Waals surface area (Å²) in [7, 11) is -1.42. The molecule has 0 saturated carbocycles. The van der Waals surface area contributed by atoms with E-state index in [1.54, 1.807) is 56.3 Å². The molecule has 4 aromatic rings. The smallest absolute Gasteiger partial charge is 0.339 e. The molecule has 3 amide bonds. The topological polar surface area (TPSA) is 147 Å². The normalized spacial score (nSPS) is 16.1. The Kier molecular flexibility index (Phi) is 11.5. The Morgan fingerprint density at radius 1 is 0.964 bits per heavy atom. The third-order valence-corrected chi connectivity index (χ3v) is 11.6. The van der Waals surface area contributed by atoms with Gasteiger partial charge in [0, 0.05) is 41.6 Å². The largest absolute Gasteiger partial charge is 0.493 e. The van der Waals surface area contributed by atoms with Crippen LogP contribution in [0.15, 0.2) is 81.8 Å². The van der Waals surface area contributed by atoms with Crippen molar-refractivity contribution >= 4 is 49.8 Å². The molecule has 0 aromatic heterocycles. The minimum atomic E-state index is -4.40. The average molecular weight is 836 g/mol. The van der Waals surface area contributed by atoms with Crippen LogP contribution in [-0.2, 0) is 42.2 Å². The summed E-state index contributed by atoms with van der Waals surface area (Å²) in [5, 5.41) is 0. The molecule has 1 fully saturated rings. The molecule has 6 rings (SSSR count). The molecule has 2 aliphatic heterocycles. The molecule has 0 bridgehead atoms. The molecule has 1 saturated heterocycles. The second-order valence-electron chi connectivity index (χ2n) is 12.9. The summed E-state index contributed by atoms with van der Waals surface area (Å²) in [6.45, 7) is 6.18. The number of carbonyl (C=O) groups excluding carboxylic acids is 3. The Balaban J connectivity index is 1.50. The Morgan fingerprint density at radius 3 is 2.33 bits per heavy atom. The van der Waals surface area contributed by atoms with Gasteiger partial charge in [-0.25, -0.2) is 0 Å². The highest BCUT2D eigenvalue weighted by molar-refractivity contribution is 9.10. The SMILES string of the molecule is COCOc1cc(CC2C(=O)N(Cc3ccccc3)/C(=C\c3cc4c(c(C)c3OS(=O)(=O)c3ccc(C)cc3)OCO4)C(=O)N2C(C)=O)c(Br)c(C)c1OC. The fourth-order valence-electron chi connectivity index (χ4n) is 6.49. The second kappa shape index (κ2) is 16.2. The van der Waals surface area contributed by atoms with E-state index in [0.29, 0.717) is 32.7 Å². The van der Waals surface area contributed by atoms with Crippen molar-refractivity contribution in [3.63, 3.8) is 0 Å². The number of benzene rings is 4. The summed E-state index contributed by atoms with van der Waals surface area (Å²) < 4.78 is 61.4. The number of nitrogens with zero attached hydrogens (tertiary/aromatic N) is 2. The Hall–Kier alpha value is -5.38. The number of fused-ring (bicyclic) bond motifs is 1. The zero-order valence-corrected chi connectivity index (χ0v) is 33.4. The summed E-state index contributed by atoms with van der Waals surface area (Å²) in [6.07, 6.45) is 1.26. The highest BCUT2D eigenvalue weighted by Crippen LogP contribution is 2.45. The molecule has 13 nitrogen and oxygen atoms in total. The lowest BCUT2D eigenvalue weighted by Gasteiger charge is -2.40. The van der Waals surface area contributed by atoms with E-state index in [2.05, 4.69) is 15.9 Å². The molecular weight excluding hydrogens is 796 g/mol. The van der Waals surface area contributed by atoms with E-state index >= 15 is 0 Å². The number of hydrogen-bond donors (Lipinski definition) is 0. The lowest BCUT2D eigenvalue weighted by atomic mass is 9.96. The van der Waals surface area contributed by atoms with Crippen LogP contribution in [0.5, 0.6) is 28.7 Å². The highest BCUT2D eigenvalue weighted by Gasteiger charge is 2.45. The van der Waals surface area contributed by atoms with Crippen LogP contribution in [0.2, 0.25) is 0 Å². The van der Waals surface area contributed by atoms with Crippen molar-refractivity contribution in [3.8, 4) is 28.7 Å². The maximum absolute atomic E-state index is 14.8. The van der Waals surface area contributed by atoms with E-state index < -0.39 is 33.9 Å². The van der Waals surface area contributed by atoms with Crippen LogP contribution in [0.4, 0.5) is 0 Å². The highest BCUT2D eigenvalue weighted by atomic mass is 79.9. The van der Waals surface area contributed by atoms with E-state index in [0.717, 1.165) is 10.5 Å². The fourth-order valence-corrected chi connectivity index (χ4v) is 7.96. The molecule has 288 valence electrons. The van der Waals surface area contributed by atoms with Gasteiger partial charge in [-0.1, -0.05) is 64.0 Å². The molecule has 0 N–H and O–H groups in total. The van der Waals surface area contributed by atoms with Gasteiger partial charge in [-0.2, -0.15) is 8.42 Å². The van der Waals surface area contributed by atoms with E-state index in [-0.39, 0.29) is 65.5 Å². The van der Waals surface area contributed by atoms with Crippen molar-refractivity contribution in [1.29, 1.82) is 0 Å². The number of hydrogen-bond acceptors (Lipinski definition) is 11. The fraction of sp³-hybridized carbons (Fsp3) is 0.275. The predicted molar refractivity (Wildman–Crippen MR) is 204 cm³/mol. The molecule has 55 heavy (non-hydrogen) atoms. The van der Waals surface area contributed by atoms with Crippen LogP contribution in [0.3, 0.4) is 0 Å². The standard InChI is InChI=1S/C40H39BrN2O11S/c1-23-12-14-30(15-13-23)55(47,48)54-36-25(3)38-34(52-22-53-38)19-29(36)17-31-40(46)43(26(4)44)32(39(45)42(31)20-27-10-8-7-9-11-27)16-28-18-33(51-21-49-5)37(50-6)24(2)35(28)41/h7-15,17-19,32H,16,20-22H2,1-6H3/b31-17-. The quantitative estimate of drug-likeness (QED) is 0.0909. The van der Waals surface area contributed by atoms with Crippen molar-refractivity contribution in [2.24, 2.45) is 0 Å². The third-order valence-electron chi connectivity index (χ3n) is 9.21. The van der Waals surface area contributed by atoms with E-state index in [1.807, 2.05) is 13.0 Å². The molecule has 15 heteroatoms. The number of piperazine rings is 1. The van der Waals surface area contributed by atoms with Crippen LogP contribution in [-0.4, -0.2) is 69.8 Å².